The Kier molecular flexibility index (Phi) is 10.2. The number of hydrogen-bond donors (Lipinski definition) is 1. The monoisotopic (exact) mass is 571 g/mol. The van der Waals surface area contributed by atoms with E-state index >= 15 is 0 Å². The topological polar surface area (TPSA) is 86.8 Å². The third-order valence-electron chi connectivity index (χ3n) is 6.47. The number of anilines is 1. The molecule has 1 N–H and O–H groups in total. The maximum atomic E-state index is 13.7. The molecule has 0 aromatic heterocycles. The Balaban J connectivity index is 1.92. The number of nitrogens with zero attached hydrogens (tertiary/aromatic N) is 2. The van der Waals surface area contributed by atoms with E-state index in [1.165, 1.54) is 11.0 Å². The summed E-state index contributed by atoms with van der Waals surface area (Å²) in [6, 6.07) is 9.55. The van der Waals surface area contributed by atoms with E-state index in [2.05, 4.69) is 5.32 Å². The van der Waals surface area contributed by atoms with Gasteiger partial charge in [-0.15, -0.1) is 0 Å². The van der Waals surface area contributed by atoms with Crippen LogP contribution in [0.4, 0.5) is 10.1 Å². The van der Waals surface area contributed by atoms with Crippen molar-refractivity contribution in [1.29, 1.82) is 0 Å². The number of amides is 2. The van der Waals surface area contributed by atoms with Crippen molar-refractivity contribution in [2.75, 3.05) is 17.1 Å². The van der Waals surface area contributed by atoms with Gasteiger partial charge in [0.05, 0.1) is 17.0 Å². The molecule has 0 heterocycles. The van der Waals surface area contributed by atoms with Crippen molar-refractivity contribution in [2.45, 2.75) is 64.1 Å². The predicted octanol–water partition coefficient (Wildman–Crippen LogP) is 5.15. The number of sulfonamides is 1. The van der Waals surface area contributed by atoms with Gasteiger partial charge in [-0.1, -0.05) is 61.5 Å². The quantitative estimate of drug-likeness (QED) is 0.427. The SMILES string of the molecule is CC[C@H](C(=O)NC1CCCCC1)N(Cc1ccc(Cl)cc1)C(=O)CN(c1ccc(F)c(Cl)c1)S(C)(=O)=O. The lowest BCUT2D eigenvalue weighted by molar-refractivity contribution is -0.140. The van der Waals surface area contributed by atoms with Crippen LogP contribution in [0.3, 0.4) is 0 Å². The van der Waals surface area contributed by atoms with E-state index in [9.17, 15) is 22.4 Å². The summed E-state index contributed by atoms with van der Waals surface area (Å²) < 4.78 is 39.9. The molecule has 1 atom stereocenters. The standard InChI is InChI=1S/C26H32Cl2FN3O4S/c1-3-24(26(34)30-20-7-5-4-6-8-20)31(16-18-9-11-19(27)12-10-18)25(33)17-32(37(2,35)36)21-13-14-23(29)22(28)15-21/h9-15,20,24H,3-8,16-17H2,1-2H3,(H,30,34)/t24-/m1/s1. The third-order valence-corrected chi connectivity index (χ3v) is 8.16. The molecule has 7 nitrogen and oxygen atoms in total. The minimum atomic E-state index is -3.94. The normalized spacial score (nSPS) is 15.2. The van der Waals surface area contributed by atoms with E-state index in [-0.39, 0.29) is 29.2 Å². The molecule has 0 unspecified atom stereocenters. The second-order valence-corrected chi connectivity index (χ2v) is 12.0. The van der Waals surface area contributed by atoms with Gasteiger partial charge in [0, 0.05) is 17.6 Å². The molecule has 11 heteroatoms. The predicted molar refractivity (Wildman–Crippen MR) is 145 cm³/mol. The van der Waals surface area contributed by atoms with Gasteiger partial charge in [0.2, 0.25) is 21.8 Å². The highest BCUT2D eigenvalue weighted by Crippen LogP contribution is 2.25. The van der Waals surface area contributed by atoms with Crippen molar-refractivity contribution in [3.8, 4) is 0 Å². The number of carbonyl (C=O) groups excluding carboxylic acids is 2. The molecule has 2 amide bonds. The zero-order valence-electron chi connectivity index (χ0n) is 20.9. The molecule has 0 bridgehead atoms. The molecule has 1 aliphatic carbocycles. The second-order valence-electron chi connectivity index (χ2n) is 9.28. The van der Waals surface area contributed by atoms with Gasteiger partial charge in [-0.2, -0.15) is 0 Å². The Labute approximate surface area is 228 Å². The number of benzene rings is 2. The Morgan fingerprint density at radius 2 is 1.73 bits per heavy atom. The highest BCUT2D eigenvalue weighted by atomic mass is 35.5. The van der Waals surface area contributed by atoms with Crippen LogP contribution in [-0.4, -0.2) is 50.0 Å². The molecule has 3 rings (SSSR count). The number of hydrogen-bond acceptors (Lipinski definition) is 4. The maximum absolute atomic E-state index is 13.7. The maximum Gasteiger partial charge on any atom is 0.244 e. The average molecular weight is 573 g/mol. The van der Waals surface area contributed by atoms with Crippen molar-refractivity contribution < 1.29 is 22.4 Å². The molecule has 0 aliphatic heterocycles. The fourth-order valence-electron chi connectivity index (χ4n) is 4.50. The lowest BCUT2D eigenvalue weighted by Gasteiger charge is -2.34. The van der Waals surface area contributed by atoms with Gasteiger partial charge in [-0.3, -0.25) is 13.9 Å². The van der Waals surface area contributed by atoms with E-state index in [1.807, 2.05) is 0 Å². The van der Waals surface area contributed by atoms with Crippen molar-refractivity contribution in [1.82, 2.24) is 10.2 Å². The van der Waals surface area contributed by atoms with E-state index < -0.39 is 34.3 Å². The van der Waals surface area contributed by atoms with Crippen molar-refractivity contribution in [2.24, 2.45) is 0 Å². The molecule has 0 spiro atoms. The summed E-state index contributed by atoms with van der Waals surface area (Å²) in [5.74, 6) is -1.56. The minimum Gasteiger partial charge on any atom is -0.352 e. The zero-order chi connectivity index (χ0) is 27.2. The van der Waals surface area contributed by atoms with E-state index in [0.717, 1.165) is 60.4 Å². The Morgan fingerprint density at radius 3 is 2.30 bits per heavy atom. The molecular formula is C26H32Cl2FN3O4S. The van der Waals surface area contributed by atoms with Crippen LogP contribution < -0.4 is 9.62 Å². The van der Waals surface area contributed by atoms with Crippen LogP contribution in [0.25, 0.3) is 0 Å². The number of rotatable bonds is 10. The summed E-state index contributed by atoms with van der Waals surface area (Å²) >= 11 is 11.9. The lowest BCUT2D eigenvalue weighted by Crippen LogP contribution is -2.53. The summed E-state index contributed by atoms with van der Waals surface area (Å²) in [6.45, 7) is 1.30. The lowest BCUT2D eigenvalue weighted by atomic mass is 9.95. The van der Waals surface area contributed by atoms with Gasteiger partial charge >= 0.3 is 0 Å². The fourth-order valence-corrected chi connectivity index (χ4v) is 5.65. The number of carbonyl (C=O) groups is 2. The van der Waals surface area contributed by atoms with Gasteiger partial charge in [0.25, 0.3) is 0 Å². The Morgan fingerprint density at radius 1 is 1.08 bits per heavy atom. The Bertz CT molecular complexity index is 1200. The van der Waals surface area contributed by atoms with Crippen LogP contribution in [0.15, 0.2) is 42.5 Å². The Hall–Kier alpha value is -2.36. The molecule has 1 fully saturated rings. The number of halogens is 3. The van der Waals surface area contributed by atoms with E-state index in [4.69, 9.17) is 23.2 Å². The van der Waals surface area contributed by atoms with Crippen molar-refractivity contribution in [3.05, 3.63) is 63.9 Å². The molecule has 37 heavy (non-hydrogen) atoms. The van der Waals surface area contributed by atoms with Crippen LogP contribution in [0.1, 0.15) is 51.0 Å². The van der Waals surface area contributed by atoms with Crippen LogP contribution in [0, 0.1) is 5.82 Å². The van der Waals surface area contributed by atoms with Crippen LogP contribution in [0.2, 0.25) is 10.0 Å². The summed E-state index contributed by atoms with van der Waals surface area (Å²) in [5, 5.41) is 3.34. The van der Waals surface area contributed by atoms with Crippen molar-refractivity contribution in [3.63, 3.8) is 0 Å². The molecule has 0 radical (unpaired) electrons. The fraction of sp³-hybridized carbons (Fsp3) is 0.462. The minimum absolute atomic E-state index is 0.0494. The van der Waals surface area contributed by atoms with Crippen LogP contribution in [-0.2, 0) is 26.2 Å². The first kappa shape index (κ1) is 29.2. The highest BCUT2D eigenvalue weighted by molar-refractivity contribution is 7.92. The van der Waals surface area contributed by atoms with Gasteiger partial charge in [-0.25, -0.2) is 12.8 Å². The highest BCUT2D eigenvalue weighted by Gasteiger charge is 2.33. The molecule has 0 saturated heterocycles. The van der Waals surface area contributed by atoms with Crippen molar-refractivity contribution >= 4 is 50.7 Å². The van der Waals surface area contributed by atoms with Gasteiger partial charge in [-0.05, 0) is 55.2 Å². The van der Waals surface area contributed by atoms with Gasteiger partial charge in [0.1, 0.15) is 18.4 Å². The first-order chi connectivity index (χ1) is 17.5. The van der Waals surface area contributed by atoms with E-state index in [0.29, 0.717) is 11.4 Å². The van der Waals surface area contributed by atoms with Gasteiger partial charge < -0.3 is 10.2 Å². The largest absolute Gasteiger partial charge is 0.352 e. The first-order valence-electron chi connectivity index (χ1n) is 12.3. The summed E-state index contributed by atoms with van der Waals surface area (Å²) in [4.78, 5) is 28.4. The zero-order valence-corrected chi connectivity index (χ0v) is 23.3. The van der Waals surface area contributed by atoms with Crippen LogP contribution >= 0.6 is 23.2 Å². The average Bonchev–Trinajstić information content (AvgIpc) is 2.85. The molecule has 1 aliphatic rings. The number of nitrogens with one attached hydrogen (secondary N) is 1. The first-order valence-corrected chi connectivity index (χ1v) is 14.9. The van der Waals surface area contributed by atoms with Crippen LogP contribution in [0.5, 0.6) is 0 Å². The molecular weight excluding hydrogens is 540 g/mol. The summed E-state index contributed by atoms with van der Waals surface area (Å²) in [6.07, 6.45) is 6.28. The summed E-state index contributed by atoms with van der Waals surface area (Å²) in [7, 11) is -3.94. The molecule has 202 valence electrons. The smallest absolute Gasteiger partial charge is 0.244 e. The molecule has 2 aromatic carbocycles. The third kappa shape index (κ3) is 8.06. The van der Waals surface area contributed by atoms with Gasteiger partial charge in [0.15, 0.2) is 0 Å². The molecule has 1 saturated carbocycles. The second kappa shape index (κ2) is 12.9. The molecule has 2 aromatic rings. The summed E-state index contributed by atoms with van der Waals surface area (Å²) in [5.41, 5.74) is 0.783. The van der Waals surface area contributed by atoms with E-state index in [1.54, 1.807) is 31.2 Å².